The third-order valence-corrected chi connectivity index (χ3v) is 3.29. The van der Waals surface area contributed by atoms with E-state index in [9.17, 15) is 9.59 Å². The Balaban J connectivity index is 2.57. The highest BCUT2D eigenvalue weighted by Crippen LogP contribution is 2.12. The van der Waals surface area contributed by atoms with Crippen LogP contribution < -0.4 is 5.32 Å². The van der Waals surface area contributed by atoms with Crippen LogP contribution in [0.15, 0.2) is 30.3 Å². The van der Waals surface area contributed by atoms with Gasteiger partial charge in [0, 0.05) is 6.92 Å². The minimum atomic E-state index is -0.798. The first-order chi connectivity index (χ1) is 12.6. The van der Waals surface area contributed by atoms with Crippen molar-refractivity contribution in [3.05, 3.63) is 35.9 Å². The number of ether oxygens (including phenoxy) is 4. The fourth-order valence-corrected chi connectivity index (χ4v) is 2.17. The summed E-state index contributed by atoms with van der Waals surface area (Å²) < 4.78 is 21.5. The molecule has 7 nitrogen and oxygen atoms in total. The van der Waals surface area contributed by atoms with Gasteiger partial charge in [0.15, 0.2) is 0 Å². The second-order valence-electron chi connectivity index (χ2n) is 7.56. The summed E-state index contributed by atoms with van der Waals surface area (Å²) in [6.45, 7) is 9.76. The van der Waals surface area contributed by atoms with Gasteiger partial charge in [0.05, 0.1) is 32.0 Å². The van der Waals surface area contributed by atoms with E-state index in [1.807, 2.05) is 37.3 Å². The minimum Gasteiger partial charge on any atom is -0.463 e. The number of esters is 1. The topological polar surface area (TPSA) is 83.1 Å². The van der Waals surface area contributed by atoms with Gasteiger partial charge in [-0.1, -0.05) is 30.3 Å². The van der Waals surface area contributed by atoms with Crippen molar-refractivity contribution < 1.29 is 28.5 Å². The molecule has 1 rings (SSSR count). The molecule has 152 valence electrons. The maximum Gasteiger partial charge on any atom is 0.408 e. The number of carbonyl (C=O) groups is 2. The number of hydrogen-bond donors (Lipinski definition) is 1. The number of amides is 1. The first-order valence-corrected chi connectivity index (χ1v) is 8.94. The molecule has 0 heterocycles. The van der Waals surface area contributed by atoms with E-state index in [1.165, 1.54) is 6.92 Å². The number of carbonyl (C=O) groups excluding carboxylic acids is 2. The van der Waals surface area contributed by atoms with Crippen LogP contribution in [0.2, 0.25) is 0 Å². The zero-order valence-electron chi connectivity index (χ0n) is 16.9. The van der Waals surface area contributed by atoms with Crippen LogP contribution in [0.25, 0.3) is 0 Å². The van der Waals surface area contributed by atoms with Crippen molar-refractivity contribution in [2.45, 2.75) is 52.4 Å². The summed E-state index contributed by atoms with van der Waals surface area (Å²) >= 11 is 0. The lowest BCUT2D eigenvalue weighted by molar-refractivity contribution is -0.142. The van der Waals surface area contributed by atoms with Crippen molar-refractivity contribution >= 4 is 12.1 Å². The number of benzene rings is 1. The van der Waals surface area contributed by atoms with E-state index in [1.54, 1.807) is 20.8 Å². The molecule has 0 saturated carbocycles. The minimum absolute atomic E-state index is 0.155. The molecule has 0 bridgehead atoms. The molecule has 0 fully saturated rings. The summed E-state index contributed by atoms with van der Waals surface area (Å²) in [6.07, 6.45) is -0.545. The third-order valence-electron chi connectivity index (χ3n) is 3.29. The van der Waals surface area contributed by atoms with Gasteiger partial charge >= 0.3 is 12.1 Å². The third kappa shape index (κ3) is 11.2. The Kier molecular flexibility index (Phi) is 9.25. The average Bonchev–Trinajstić information content (AvgIpc) is 2.53. The van der Waals surface area contributed by atoms with Gasteiger partial charge in [-0.3, -0.25) is 4.79 Å². The summed E-state index contributed by atoms with van der Waals surface area (Å²) in [7, 11) is 0. The maximum atomic E-state index is 12.2. The van der Waals surface area contributed by atoms with Crippen molar-refractivity contribution in [1.29, 1.82) is 0 Å². The van der Waals surface area contributed by atoms with Crippen molar-refractivity contribution in [2.24, 2.45) is 0 Å². The number of nitrogens with one attached hydrogen (secondary N) is 1. The van der Waals surface area contributed by atoms with Crippen LogP contribution >= 0.6 is 0 Å². The highest BCUT2D eigenvalue weighted by molar-refractivity contribution is 5.68. The summed E-state index contributed by atoms with van der Waals surface area (Å²) in [4.78, 5) is 23.0. The summed E-state index contributed by atoms with van der Waals surface area (Å²) in [5.41, 5.74) is -0.368. The molecule has 1 N–H and O–H groups in total. The second-order valence-corrected chi connectivity index (χ2v) is 7.56. The molecule has 7 heteroatoms. The van der Waals surface area contributed by atoms with Gasteiger partial charge in [-0.25, -0.2) is 4.79 Å². The quantitative estimate of drug-likeness (QED) is 0.495. The Hall–Kier alpha value is -2.12. The van der Waals surface area contributed by atoms with E-state index in [-0.39, 0.29) is 32.4 Å². The Morgan fingerprint density at radius 2 is 1.59 bits per heavy atom. The number of rotatable bonds is 10. The lowest BCUT2D eigenvalue weighted by Gasteiger charge is -2.31. The molecule has 27 heavy (non-hydrogen) atoms. The molecule has 0 aromatic heterocycles. The fraction of sp³-hybridized carbons (Fsp3) is 0.600. The molecule has 1 aromatic carbocycles. The van der Waals surface area contributed by atoms with Crippen molar-refractivity contribution in [2.75, 3.05) is 26.4 Å². The highest BCUT2D eigenvalue weighted by atomic mass is 16.6. The summed E-state index contributed by atoms with van der Waals surface area (Å²) in [5.74, 6) is -0.362. The van der Waals surface area contributed by atoms with E-state index in [0.717, 1.165) is 5.56 Å². The van der Waals surface area contributed by atoms with Crippen LogP contribution in [-0.2, 0) is 30.3 Å². The van der Waals surface area contributed by atoms with E-state index in [4.69, 9.17) is 18.9 Å². The largest absolute Gasteiger partial charge is 0.463 e. The lowest BCUT2D eigenvalue weighted by atomic mass is 10.1. The van der Waals surface area contributed by atoms with Gasteiger partial charge < -0.3 is 24.3 Å². The monoisotopic (exact) mass is 381 g/mol. The zero-order chi connectivity index (χ0) is 20.3. The van der Waals surface area contributed by atoms with Crippen molar-refractivity contribution in [1.82, 2.24) is 5.32 Å². The van der Waals surface area contributed by atoms with E-state index in [0.29, 0.717) is 6.61 Å². The van der Waals surface area contributed by atoms with Crippen LogP contribution in [0.5, 0.6) is 0 Å². The van der Waals surface area contributed by atoms with Crippen molar-refractivity contribution in [3.8, 4) is 0 Å². The zero-order valence-corrected chi connectivity index (χ0v) is 16.9. The van der Waals surface area contributed by atoms with Gasteiger partial charge in [0.1, 0.15) is 12.2 Å². The molecular formula is C20H31NO6. The standard InChI is InChI=1S/C20H31NO6/c1-16(22)26-12-11-24-14-20(5,21-18(23)27-19(2,3)4)15-25-13-17-9-7-6-8-10-17/h6-10H,11-15H2,1-5H3,(H,21,23). The van der Waals surface area contributed by atoms with Gasteiger partial charge in [-0.2, -0.15) is 0 Å². The lowest BCUT2D eigenvalue weighted by Crippen LogP contribution is -2.54. The Labute approximate surface area is 161 Å². The molecule has 0 aliphatic carbocycles. The van der Waals surface area contributed by atoms with Crippen LogP contribution in [0.3, 0.4) is 0 Å². The molecule has 1 atom stereocenters. The first-order valence-electron chi connectivity index (χ1n) is 8.94. The predicted octanol–water partition coefficient (Wildman–Crippen LogP) is 3.07. The van der Waals surface area contributed by atoms with Gasteiger partial charge in [0.2, 0.25) is 0 Å². The molecular weight excluding hydrogens is 350 g/mol. The van der Waals surface area contributed by atoms with Gasteiger partial charge in [0.25, 0.3) is 0 Å². The molecule has 1 unspecified atom stereocenters. The molecule has 0 aliphatic heterocycles. The second kappa shape index (κ2) is 10.9. The molecule has 0 saturated heterocycles. The summed E-state index contributed by atoms with van der Waals surface area (Å²) in [6, 6.07) is 9.75. The normalized spacial score (nSPS) is 13.5. The Bertz CT molecular complexity index is 584. The number of alkyl carbamates (subject to hydrolysis) is 1. The van der Waals surface area contributed by atoms with Crippen LogP contribution in [0.4, 0.5) is 4.79 Å². The highest BCUT2D eigenvalue weighted by Gasteiger charge is 2.30. The first kappa shape index (κ1) is 22.9. The maximum absolute atomic E-state index is 12.2. The van der Waals surface area contributed by atoms with E-state index in [2.05, 4.69) is 5.32 Å². The molecule has 0 aliphatic rings. The van der Waals surface area contributed by atoms with Crippen molar-refractivity contribution in [3.63, 3.8) is 0 Å². The summed E-state index contributed by atoms with van der Waals surface area (Å²) in [5, 5.41) is 2.82. The predicted molar refractivity (Wildman–Crippen MR) is 101 cm³/mol. The number of hydrogen-bond acceptors (Lipinski definition) is 6. The van der Waals surface area contributed by atoms with Crippen LogP contribution in [0, 0.1) is 0 Å². The van der Waals surface area contributed by atoms with E-state index >= 15 is 0 Å². The van der Waals surface area contributed by atoms with E-state index < -0.39 is 17.2 Å². The average molecular weight is 381 g/mol. The fourth-order valence-electron chi connectivity index (χ4n) is 2.17. The smallest absolute Gasteiger partial charge is 0.408 e. The van der Waals surface area contributed by atoms with Gasteiger partial charge in [-0.05, 0) is 33.3 Å². The van der Waals surface area contributed by atoms with Crippen LogP contribution in [-0.4, -0.2) is 49.6 Å². The molecule has 0 radical (unpaired) electrons. The SMILES string of the molecule is CC(=O)OCCOCC(C)(COCc1ccccc1)NC(=O)OC(C)(C)C. The molecule has 1 aromatic rings. The van der Waals surface area contributed by atoms with Crippen LogP contribution in [0.1, 0.15) is 40.2 Å². The molecule has 1 amide bonds. The Morgan fingerprint density at radius 3 is 2.19 bits per heavy atom. The Morgan fingerprint density at radius 1 is 0.963 bits per heavy atom. The molecule has 0 spiro atoms. The van der Waals surface area contributed by atoms with Gasteiger partial charge in [-0.15, -0.1) is 0 Å².